The van der Waals surface area contributed by atoms with Crippen LogP contribution in [0.4, 0.5) is 5.82 Å². The van der Waals surface area contributed by atoms with Gasteiger partial charge >= 0.3 is 0 Å². The first-order valence-electron chi connectivity index (χ1n) is 8.16. The molecule has 25 heavy (non-hydrogen) atoms. The molecule has 2 N–H and O–H groups in total. The number of ether oxygens (including phenoxy) is 1. The van der Waals surface area contributed by atoms with Crippen LogP contribution in [0, 0.1) is 0 Å². The molecule has 0 radical (unpaired) electrons. The number of rotatable bonds is 5. The lowest BCUT2D eigenvalue weighted by atomic mass is 10.2. The Balaban J connectivity index is 1.57. The van der Waals surface area contributed by atoms with Crippen LogP contribution in [0.1, 0.15) is 17.4 Å². The highest BCUT2D eigenvalue weighted by molar-refractivity contribution is 5.78. The van der Waals surface area contributed by atoms with Crippen LogP contribution in [-0.2, 0) is 16.1 Å². The van der Waals surface area contributed by atoms with E-state index in [1.165, 1.54) is 6.20 Å². The van der Waals surface area contributed by atoms with Crippen molar-refractivity contribution in [1.82, 2.24) is 24.8 Å². The summed E-state index contributed by atoms with van der Waals surface area (Å²) in [5, 5.41) is 0. The van der Waals surface area contributed by atoms with Crippen molar-refractivity contribution in [2.24, 2.45) is 0 Å². The summed E-state index contributed by atoms with van der Waals surface area (Å²) in [5.41, 5.74) is 7.53. The number of nitrogens with two attached hydrogens (primary N) is 1. The standard InChI is InChI=1S/C17H22N6O2/c1-22(10-13-3-2-4-19-9-13)12-15(24)23-7-8-25-14(11-23)16-17(18)21-6-5-20-16/h2-6,9,14H,7-8,10-12H2,1H3,(H2,18,21)/t14-/m1/s1. The molecule has 1 saturated heterocycles. The van der Waals surface area contributed by atoms with Crippen molar-refractivity contribution in [2.75, 3.05) is 39.0 Å². The summed E-state index contributed by atoms with van der Waals surface area (Å²) in [6, 6.07) is 3.89. The second-order valence-corrected chi connectivity index (χ2v) is 6.06. The molecule has 3 rings (SSSR count). The van der Waals surface area contributed by atoms with Crippen molar-refractivity contribution in [1.29, 1.82) is 0 Å². The zero-order valence-electron chi connectivity index (χ0n) is 14.2. The average molecular weight is 342 g/mol. The molecular weight excluding hydrogens is 320 g/mol. The van der Waals surface area contributed by atoms with E-state index in [1.807, 2.05) is 30.3 Å². The number of hydrogen-bond acceptors (Lipinski definition) is 7. The Morgan fingerprint density at radius 2 is 2.24 bits per heavy atom. The molecule has 2 aromatic rings. The van der Waals surface area contributed by atoms with Crippen LogP contribution < -0.4 is 5.73 Å². The van der Waals surface area contributed by atoms with Gasteiger partial charge in [0.1, 0.15) is 17.6 Å². The Morgan fingerprint density at radius 3 is 3.00 bits per heavy atom. The molecule has 2 aromatic heterocycles. The van der Waals surface area contributed by atoms with E-state index in [0.717, 1.165) is 5.56 Å². The predicted molar refractivity (Wildman–Crippen MR) is 92.3 cm³/mol. The van der Waals surface area contributed by atoms with Crippen LogP contribution in [0.2, 0.25) is 0 Å². The molecule has 3 heterocycles. The van der Waals surface area contributed by atoms with Gasteiger partial charge in [-0.05, 0) is 18.7 Å². The van der Waals surface area contributed by atoms with Gasteiger partial charge in [-0.2, -0.15) is 0 Å². The second-order valence-electron chi connectivity index (χ2n) is 6.06. The van der Waals surface area contributed by atoms with E-state index in [4.69, 9.17) is 10.5 Å². The number of pyridine rings is 1. The monoisotopic (exact) mass is 342 g/mol. The van der Waals surface area contributed by atoms with E-state index in [9.17, 15) is 4.79 Å². The summed E-state index contributed by atoms with van der Waals surface area (Å²) in [6.45, 7) is 2.46. The van der Waals surface area contributed by atoms with E-state index in [1.54, 1.807) is 17.3 Å². The molecule has 0 bridgehead atoms. The Bertz CT molecular complexity index is 711. The minimum absolute atomic E-state index is 0.0575. The molecule has 8 nitrogen and oxygen atoms in total. The Kier molecular flexibility index (Phi) is 5.52. The maximum absolute atomic E-state index is 12.6. The molecule has 1 amide bonds. The fourth-order valence-corrected chi connectivity index (χ4v) is 2.84. The topological polar surface area (TPSA) is 97.5 Å². The SMILES string of the molecule is CN(CC(=O)N1CCO[C@@H](c2nccnc2N)C1)Cc1cccnc1. The van der Waals surface area contributed by atoms with Gasteiger partial charge in [-0.3, -0.25) is 19.7 Å². The van der Waals surface area contributed by atoms with E-state index in [-0.39, 0.29) is 12.0 Å². The third-order valence-electron chi connectivity index (χ3n) is 4.06. The van der Waals surface area contributed by atoms with Crippen molar-refractivity contribution in [3.05, 3.63) is 48.2 Å². The number of carbonyl (C=O) groups is 1. The number of nitrogen functional groups attached to an aromatic ring is 1. The van der Waals surface area contributed by atoms with Crippen LogP contribution >= 0.6 is 0 Å². The van der Waals surface area contributed by atoms with Crippen LogP contribution in [0.15, 0.2) is 36.9 Å². The molecule has 0 spiro atoms. The summed E-state index contributed by atoms with van der Waals surface area (Å²) in [6.07, 6.45) is 6.33. The predicted octanol–water partition coefficient (Wildman–Crippen LogP) is 0.486. The third-order valence-corrected chi connectivity index (χ3v) is 4.06. The molecule has 1 aliphatic rings. The Labute approximate surface area is 146 Å². The van der Waals surface area contributed by atoms with E-state index in [0.29, 0.717) is 44.3 Å². The molecular formula is C17H22N6O2. The summed E-state index contributed by atoms with van der Waals surface area (Å²) < 4.78 is 5.73. The zero-order valence-corrected chi connectivity index (χ0v) is 14.2. The van der Waals surface area contributed by atoms with Gasteiger partial charge < -0.3 is 15.4 Å². The largest absolute Gasteiger partial charge is 0.382 e. The highest BCUT2D eigenvalue weighted by atomic mass is 16.5. The average Bonchev–Trinajstić information content (AvgIpc) is 2.63. The van der Waals surface area contributed by atoms with Crippen molar-refractivity contribution >= 4 is 11.7 Å². The van der Waals surface area contributed by atoms with Gasteiger partial charge in [0, 0.05) is 37.9 Å². The lowest BCUT2D eigenvalue weighted by molar-refractivity contribution is -0.140. The van der Waals surface area contributed by atoms with Gasteiger partial charge in [-0.25, -0.2) is 4.98 Å². The number of anilines is 1. The number of aromatic nitrogens is 3. The number of morpholine rings is 1. The van der Waals surface area contributed by atoms with Crippen LogP contribution in [0.3, 0.4) is 0 Å². The van der Waals surface area contributed by atoms with Gasteiger partial charge in [0.25, 0.3) is 0 Å². The van der Waals surface area contributed by atoms with Gasteiger partial charge in [0.2, 0.25) is 5.91 Å². The Hall–Kier alpha value is -2.58. The molecule has 0 unspecified atom stereocenters. The summed E-state index contributed by atoms with van der Waals surface area (Å²) in [5.74, 6) is 0.401. The smallest absolute Gasteiger partial charge is 0.236 e. The summed E-state index contributed by atoms with van der Waals surface area (Å²) in [4.78, 5) is 28.7. The fourth-order valence-electron chi connectivity index (χ4n) is 2.84. The molecule has 0 aromatic carbocycles. The quantitative estimate of drug-likeness (QED) is 0.844. The van der Waals surface area contributed by atoms with Crippen LogP contribution in [-0.4, -0.2) is 63.9 Å². The first-order valence-corrected chi connectivity index (χ1v) is 8.16. The van der Waals surface area contributed by atoms with Crippen molar-refractivity contribution in [2.45, 2.75) is 12.6 Å². The van der Waals surface area contributed by atoms with Crippen molar-refractivity contribution in [3.63, 3.8) is 0 Å². The van der Waals surface area contributed by atoms with Crippen LogP contribution in [0.5, 0.6) is 0 Å². The molecule has 8 heteroatoms. The molecule has 0 aliphatic carbocycles. The van der Waals surface area contributed by atoms with Gasteiger partial charge in [-0.1, -0.05) is 6.07 Å². The van der Waals surface area contributed by atoms with Crippen molar-refractivity contribution < 1.29 is 9.53 Å². The highest BCUT2D eigenvalue weighted by Gasteiger charge is 2.28. The highest BCUT2D eigenvalue weighted by Crippen LogP contribution is 2.23. The van der Waals surface area contributed by atoms with Gasteiger partial charge in [0.05, 0.1) is 19.7 Å². The number of hydrogen-bond donors (Lipinski definition) is 1. The second kappa shape index (κ2) is 8.00. The molecule has 0 saturated carbocycles. The Morgan fingerprint density at radius 1 is 1.40 bits per heavy atom. The maximum Gasteiger partial charge on any atom is 0.236 e. The number of amides is 1. The van der Waals surface area contributed by atoms with Crippen LogP contribution in [0.25, 0.3) is 0 Å². The fraction of sp³-hybridized carbons (Fsp3) is 0.412. The van der Waals surface area contributed by atoms with Crippen molar-refractivity contribution in [3.8, 4) is 0 Å². The van der Waals surface area contributed by atoms with E-state index >= 15 is 0 Å². The van der Waals surface area contributed by atoms with Gasteiger partial charge in [0.15, 0.2) is 0 Å². The molecule has 132 valence electrons. The van der Waals surface area contributed by atoms with E-state index < -0.39 is 0 Å². The minimum Gasteiger partial charge on any atom is -0.382 e. The molecule has 1 fully saturated rings. The summed E-state index contributed by atoms with van der Waals surface area (Å²) in [7, 11) is 1.92. The van der Waals surface area contributed by atoms with Gasteiger partial charge in [-0.15, -0.1) is 0 Å². The first-order chi connectivity index (χ1) is 12.1. The minimum atomic E-state index is -0.338. The lowest BCUT2D eigenvalue weighted by Crippen LogP contribution is -2.46. The number of carbonyl (C=O) groups excluding carboxylic acids is 1. The molecule has 1 atom stereocenters. The molecule has 1 aliphatic heterocycles. The zero-order chi connectivity index (χ0) is 17.6. The summed E-state index contributed by atoms with van der Waals surface area (Å²) >= 11 is 0. The van der Waals surface area contributed by atoms with E-state index in [2.05, 4.69) is 15.0 Å². The first kappa shape index (κ1) is 17.2. The number of nitrogens with zero attached hydrogens (tertiary/aromatic N) is 5. The normalized spacial score (nSPS) is 17.7. The third kappa shape index (κ3) is 4.49. The number of likely N-dealkylation sites (N-methyl/N-ethyl adjacent to an activating group) is 1. The lowest BCUT2D eigenvalue weighted by Gasteiger charge is -2.33. The maximum atomic E-state index is 12.6.